The Balaban J connectivity index is 2.15. The summed E-state index contributed by atoms with van der Waals surface area (Å²) in [6, 6.07) is 10.1. The molecule has 0 unspecified atom stereocenters. The van der Waals surface area contributed by atoms with Gasteiger partial charge in [0.1, 0.15) is 5.75 Å². The van der Waals surface area contributed by atoms with Crippen molar-refractivity contribution in [3.05, 3.63) is 64.0 Å². The Kier molecular flexibility index (Phi) is 6.08. The minimum Gasteiger partial charge on any atom is -0.497 e. The van der Waals surface area contributed by atoms with E-state index in [0.717, 1.165) is 5.41 Å². The third kappa shape index (κ3) is 5.70. The van der Waals surface area contributed by atoms with E-state index in [1.165, 1.54) is 43.5 Å². The predicted molar refractivity (Wildman–Crippen MR) is 97.8 cm³/mol. The maximum Gasteiger partial charge on any atom is 0.356 e. The third-order valence-electron chi connectivity index (χ3n) is 3.31. The van der Waals surface area contributed by atoms with Gasteiger partial charge in [0.05, 0.1) is 18.2 Å². The van der Waals surface area contributed by atoms with Crippen LogP contribution >= 0.6 is 19.2 Å². The quantitative estimate of drug-likeness (QED) is 0.720. The smallest absolute Gasteiger partial charge is 0.356 e. The molecule has 0 fully saturated rings. The van der Waals surface area contributed by atoms with Crippen molar-refractivity contribution in [1.82, 2.24) is 0 Å². The van der Waals surface area contributed by atoms with E-state index in [9.17, 15) is 13.0 Å². The highest BCUT2D eigenvalue weighted by Crippen LogP contribution is 2.32. The van der Waals surface area contributed by atoms with E-state index in [2.05, 4.69) is 0 Å². The Morgan fingerprint density at radius 1 is 1.16 bits per heavy atom. The lowest BCUT2D eigenvalue weighted by molar-refractivity contribution is 0.387. The first kappa shape index (κ1) is 19.7. The minimum absolute atomic E-state index is 0.127. The molecule has 9 heteroatoms. The number of ether oxygens (including phenoxy) is 1. The zero-order valence-corrected chi connectivity index (χ0v) is 15.6. The van der Waals surface area contributed by atoms with Gasteiger partial charge in [-0.25, -0.2) is 8.42 Å². The Labute approximate surface area is 150 Å². The number of methoxy groups -OCH3 is 1. The SMILES string of the molecule is COc1ccc(CS(=O)(=O)/C=C\c2ccc(P(=O)(O)O)cc2)c(Cl)c1. The van der Waals surface area contributed by atoms with Crippen molar-refractivity contribution in [2.24, 2.45) is 0 Å². The third-order valence-corrected chi connectivity index (χ3v) is 5.90. The average molecular weight is 403 g/mol. The molecule has 25 heavy (non-hydrogen) atoms. The highest BCUT2D eigenvalue weighted by Gasteiger charge is 2.16. The molecule has 0 aromatic heterocycles. The Morgan fingerprint density at radius 2 is 1.80 bits per heavy atom. The molecule has 0 aliphatic carbocycles. The summed E-state index contributed by atoms with van der Waals surface area (Å²) in [6.07, 6.45) is 1.36. The molecule has 0 aliphatic heterocycles. The van der Waals surface area contributed by atoms with Crippen LogP contribution in [0.15, 0.2) is 47.9 Å². The monoisotopic (exact) mass is 402 g/mol. The maximum atomic E-state index is 12.2. The Hall–Kier alpha value is -1.63. The van der Waals surface area contributed by atoms with Crippen molar-refractivity contribution in [2.75, 3.05) is 7.11 Å². The lowest BCUT2D eigenvalue weighted by Crippen LogP contribution is -2.03. The first-order valence-electron chi connectivity index (χ1n) is 7.00. The Morgan fingerprint density at radius 3 is 2.32 bits per heavy atom. The van der Waals surface area contributed by atoms with Gasteiger partial charge in [-0.15, -0.1) is 0 Å². The molecular formula is C16H16ClO6PS. The molecule has 0 saturated carbocycles. The summed E-state index contributed by atoms with van der Waals surface area (Å²) >= 11 is 6.05. The highest BCUT2D eigenvalue weighted by molar-refractivity contribution is 7.93. The molecular weight excluding hydrogens is 387 g/mol. The van der Waals surface area contributed by atoms with Crippen LogP contribution in [0.3, 0.4) is 0 Å². The van der Waals surface area contributed by atoms with E-state index < -0.39 is 17.4 Å². The maximum absolute atomic E-state index is 12.2. The molecule has 0 amide bonds. The van der Waals surface area contributed by atoms with Crippen LogP contribution in [0.4, 0.5) is 0 Å². The largest absolute Gasteiger partial charge is 0.497 e. The predicted octanol–water partition coefficient (Wildman–Crippen LogP) is 2.74. The fraction of sp³-hybridized carbons (Fsp3) is 0.125. The standard InChI is InChI=1S/C16H16ClO6PS/c1-23-14-5-4-13(16(17)10-14)11-25(21,22)9-8-12-2-6-15(7-3-12)24(18,19)20/h2-10H,11H2,1H3,(H2,18,19,20)/b9-8-. The van der Waals surface area contributed by atoms with E-state index in [4.69, 9.17) is 26.1 Å². The molecule has 6 nitrogen and oxygen atoms in total. The zero-order chi connectivity index (χ0) is 18.7. The molecule has 134 valence electrons. The van der Waals surface area contributed by atoms with Gasteiger partial charge in [-0.3, -0.25) is 4.57 Å². The summed E-state index contributed by atoms with van der Waals surface area (Å²) in [5.74, 6) is 0.263. The summed E-state index contributed by atoms with van der Waals surface area (Å²) in [5.41, 5.74) is 0.950. The zero-order valence-electron chi connectivity index (χ0n) is 13.2. The van der Waals surface area contributed by atoms with Crippen LogP contribution in [0.5, 0.6) is 5.75 Å². The van der Waals surface area contributed by atoms with E-state index in [0.29, 0.717) is 21.9 Å². The van der Waals surface area contributed by atoms with Crippen molar-refractivity contribution in [3.8, 4) is 5.75 Å². The second kappa shape index (κ2) is 7.72. The van der Waals surface area contributed by atoms with Gasteiger partial charge in [-0.05, 0) is 41.5 Å². The Bertz CT molecular complexity index is 932. The topological polar surface area (TPSA) is 101 Å². The van der Waals surface area contributed by atoms with Crippen LogP contribution < -0.4 is 10.0 Å². The van der Waals surface area contributed by atoms with Crippen LogP contribution in [0.25, 0.3) is 6.08 Å². The van der Waals surface area contributed by atoms with Crippen molar-refractivity contribution in [2.45, 2.75) is 5.75 Å². The normalized spacial score (nSPS) is 12.5. The first-order valence-corrected chi connectivity index (χ1v) is 10.7. The van der Waals surface area contributed by atoms with Crippen molar-refractivity contribution in [1.29, 1.82) is 0 Å². The molecule has 0 saturated heterocycles. The van der Waals surface area contributed by atoms with Gasteiger partial charge in [-0.2, -0.15) is 0 Å². The highest BCUT2D eigenvalue weighted by atomic mass is 35.5. The molecule has 0 aliphatic rings. The average Bonchev–Trinajstić information content (AvgIpc) is 2.54. The minimum atomic E-state index is -4.31. The van der Waals surface area contributed by atoms with Crippen molar-refractivity contribution >= 4 is 40.4 Å². The molecule has 2 rings (SSSR count). The number of hydrogen-bond donors (Lipinski definition) is 2. The fourth-order valence-corrected chi connectivity index (χ4v) is 4.00. The number of benzene rings is 2. The van der Waals surface area contributed by atoms with Crippen LogP contribution in [-0.4, -0.2) is 25.3 Å². The molecule has 2 N–H and O–H groups in total. The lowest BCUT2D eigenvalue weighted by atomic mass is 10.2. The second-order valence-corrected chi connectivity index (χ2v) is 9.10. The van der Waals surface area contributed by atoms with Crippen LogP contribution in [-0.2, 0) is 20.2 Å². The van der Waals surface area contributed by atoms with Gasteiger partial charge in [0.25, 0.3) is 0 Å². The van der Waals surface area contributed by atoms with Crippen LogP contribution in [0.1, 0.15) is 11.1 Å². The fourth-order valence-electron chi connectivity index (χ4n) is 2.00. The number of sulfone groups is 1. The number of halogens is 1. The van der Waals surface area contributed by atoms with E-state index in [1.807, 2.05) is 0 Å². The number of rotatable bonds is 6. The first-order chi connectivity index (χ1) is 11.6. The second-order valence-electron chi connectivity index (χ2n) is 5.20. The molecule has 2 aromatic carbocycles. The lowest BCUT2D eigenvalue weighted by Gasteiger charge is -2.06. The summed E-state index contributed by atoms with van der Waals surface area (Å²) in [4.78, 5) is 18.1. The summed E-state index contributed by atoms with van der Waals surface area (Å²) in [5, 5.41) is 1.21. The van der Waals surface area contributed by atoms with Gasteiger partial charge < -0.3 is 14.5 Å². The summed E-state index contributed by atoms with van der Waals surface area (Å²) < 4.78 is 40.5. The summed E-state index contributed by atoms with van der Waals surface area (Å²) in [7, 11) is -6.40. The molecule has 0 radical (unpaired) electrons. The van der Waals surface area contributed by atoms with E-state index in [1.54, 1.807) is 12.1 Å². The molecule has 0 atom stereocenters. The van der Waals surface area contributed by atoms with Gasteiger partial charge in [0.15, 0.2) is 9.84 Å². The van der Waals surface area contributed by atoms with Gasteiger partial charge >= 0.3 is 7.60 Å². The van der Waals surface area contributed by atoms with E-state index >= 15 is 0 Å². The molecule has 0 heterocycles. The van der Waals surface area contributed by atoms with Crippen LogP contribution in [0.2, 0.25) is 5.02 Å². The molecule has 0 spiro atoms. The van der Waals surface area contributed by atoms with Gasteiger partial charge in [0.2, 0.25) is 0 Å². The summed E-state index contributed by atoms with van der Waals surface area (Å²) in [6.45, 7) is 0. The van der Waals surface area contributed by atoms with Crippen molar-refractivity contribution in [3.63, 3.8) is 0 Å². The number of hydrogen-bond acceptors (Lipinski definition) is 4. The molecule has 2 aromatic rings. The van der Waals surface area contributed by atoms with Crippen molar-refractivity contribution < 1.29 is 27.5 Å². The van der Waals surface area contributed by atoms with Gasteiger partial charge in [0, 0.05) is 10.4 Å². The van der Waals surface area contributed by atoms with Gasteiger partial charge in [-0.1, -0.05) is 29.8 Å². The van der Waals surface area contributed by atoms with E-state index in [-0.39, 0.29) is 11.1 Å². The van der Waals surface area contributed by atoms with Crippen LogP contribution in [0, 0.1) is 0 Å². The molecule has 0 bridgehead atoms.